The number of rotatable bonds is 7. The van der Waals surface area contributed by atoms with Crippen LogP contribution in [0.2, 0.25) is 5.15 Å². The zero-order valence-corrected chi connectivity index (χ0v) is 13.2. The van der Waals surface area contributed by atoms with E-state index in [0.29, 0.717) is 12.3 Å². The molecule has 2 aromatic heterocycles. The monoisotopic (exact) mass is 338 g/mol. The number of nitrogens with zero attached hydrogens (tertiary/aromatic N) is 4. The second-order valence-corrected chi connectivity index (χ2v) is 5.00. The van der Waals surface area contributed by atoms with E-state index < -0.39 is 4.92 Å². The van der Waals surface area contributed by atoms with E-state index in [1.54, 1.807) is 19.2 Å². The number of pyridine rings is 1. The first-order valence-electron chi connectivity index (χ1n) is 6.65. The van der Waals surface area contributed by atoms with Crippen molar-refractivity contribution in [2.45, 2.75) is 13.0 Å². The number of hydrogen-bond acceptors (Lipinski definition) is 8. The Kier molecular flexibility index (Phi) is 5.61. The average Bonchev–Trinajstić information content (AvgIpc) is 2.49. The minimum absolute atomic E-state index is 0.0204. The molecule has 0 aliphatic rings. The van der Waals surface area contributed by atoms with Crippen LogP contribution in [0.5, 0.6) is 0 Å². The highest BCUT2D eigenvalue weighted by Gasteiger charge is 2.24. The van der Waals surface area contributed by atoms with E-state index in [1.165, 1.54) is 12.5 Å². The van der Waals surface area contributed by atoms with Crippen LogP contribution in [-0.4, -0.2) is 39.6 Å². The molecule has 9 nitrogen and oxygen atoms in total. The highest BCUT2D eigenvalue weighted by molar-refractivity contribution is 6.32. The number of methoxy groups -OCH3 is 1. The molecule has 23 heavy (non-hydrogen) atoms. The summed E-state index contributed by atoms with van der Waals surface area (Å²) in [4.78, 5) is 22.6. The summed E-state index contributed by atoms with van der Waals surface area (Å²) in [5, 5.41) is 17.3. The number of ether oxygens (including phenoxy) is 1. The molecule has 0 bridgehead atoms. The molecule has 0 fully saturated rings. The van der Waals surface area contributed by atoms with Crippen LogP contribution in [0.4, 0.5) is 23.0 Å². The quantitative estimate of drug-likeness (QED) is 0.449. The number of halogens is 1. The maximum Gasteiger partial charge on any atom is 0.353 e. The van der Waals surface area contributed by atoms with Crippen LogP contribution in [0, 0.1) is 10.1 Å². The van der Waals surface area contributed by atoms with Gasteiger partial charge in [-0.05, 0) is 19.1 Å². The summed E-state index contributed by atoms with van der Waals surface area (Å²) in [7, 11) is 1.55. The topological polar surface area (TPSA) is 115 Å². The summed E-state index contributed by atoms with van der Waals surface area (Å²) in [5.41, 5.74) is 0.127. The molecule has 122 valence electrons. The second kappa shape index (κ2) is 7.65. The van der Waals surface area contributed by atoms with E-state index in [2.05, 4.69) is 25.6 Å². The van der Waals surface area contributed by atoms with Gasteiger partial charge >= 0.3 is 5.69 Å². The van der Waals surface area contributed by atoms with Crippen LogP contribution in [0.15, 0.2) is 24.7 Å². The number of anilines is 3. The molecule has 1 atom stereocenters. The molecule has 0 saturated carbocycles. The van der Waals surface area contributed by atoms with Gasteiger partial charge in [0.25, 0.3) is 0 Å². The molecule has 2 heterocycles. The molecular weight excluding hydrogens is 324 g/mol. The third-order valence-corrected chi connectivity index (χ3v) is 3.12. The van der Waals surface area contributed by atoms with E-state index >= 15 is 0 Å². The minimum atomic E-state index is -0.561. The smallest absolute Gasteiger partial charge is 0.353 e. The molecule has 1 unspecified atom stereocenters. The van der Waals surface area contributed by atoms with Gasteiger partial charge in [0, 0.05) is 19.3 Å². The maximum atomic E-state index is 11.4. The summed E-state index contributed by atoms with van der Waals surface area (Å²) in [6, 6.07) is 3.13. The van der Waals surface area contributed by atoms with E-state index in [-0.39, 0.29) is 28.5 Å². The first-order valence-corrected chi connectivity index (χ1v) is 7.03. The van der Waals surface area contributed by atoms with Crippen molar-refractivity contribution in [3.63, 3.8) is 0 Å². The lowest BCUT2D eigenvalue weighted by molar-refractivity contribution is -0.383. The summed E-state index contributed by atoms with van der Waals surface area (Å²) in [5.74, 6) is 0.115. The van der Waals surface area contributed by atoms with Gasteiger partial charge in [0.15, 0.2) is 5.15 Å². The van der Waals surface area contributed by atoms with E-state index in [9.17, 15) is 10.1 Å². The Morgan fingerprint density at radius 1 is 1.39 bits per heavy atom. The first-order chi connectivity index (χ1) is 11.0. The molecular formula is C13H15ClN6O3. The van der Waals surface area contributed by atoms with Crippen molar-refractivity contribution in [2.75, 3.05) is 24.4 Å². The molecule has 0 aliphatic carbocycles. The van der Waals surface area contributed by atoms with Gasteiger partial charge in [-0.15, -0.1) is 0 Å². The lowest BCUT2D eigenvalue weighted by Gasteiger charge is -2.14. The van der Waals surface area contributed by atoms with Crippen LogP contribution >= 0.6 is 11.6 Å². The van der Waals surface area contributed by atoms with Crippen LogP contribution in [0.25, 0.3) is 0 Å². The average molecular weight is 339 g/mol. The Hall–Kier alpha value is -2.52. The lowest BCUT2D eigenvalue weighted by Crippen LogP contribution is -2.22. The summed E-state index contributed by atoms with van der Waals surface area (Å²) in [6.45, 7) is 2.19. The van der Waals surface area contributed by atoms with Crippen LogP contribution in [-0.2, 0) is 4.74 Å². The minimum Gasteiger partial charge on any atom is -0.383 e. The van der Waals surface area contributed by atoms with Gasteiger partial charge in [-0.2, -0.15) is 0 Å². The molecule has 2 N–H and O–H groups in total. The predicted molar refractivity (Wildman–Crippen MR) is 86.2 cm³/mol. The summed E-state index contributed by atoms with van der Waals surface area (Å²) in [6.07, 6.45) is 2.74. The van der Waals surface area contributed by atoms with E-state index in [4.69, 9.17) is 16.3 Å². The predicted octanol–water partition coefficient (Wildman–Crippen LogP) is 2.62. The van der Waals surface area contributed by atoms with Crippen molar-refractivity contribution < 1.29 is 9.66 Å². The Labute approximate surface area is 137 Å². The summed E-state index contributed by atoms with van der Waals surface area (Å²) < 4.78 is 5.00. The van der Waals surface area contributed by atoms with Crippen molar-refractivity contribution >= 4 is 34.6 Å². The lowest BCUT2D eigenvalue weighted by atomic mass is 10.3. The largest absolute Gasteiger partial charge is 0.383 e. The van der Waals surface area contributed by atoms with Crippen molar-refractivity contribution in [3.8, 4) is 0 Å². The fourth-order valence-corrected chi connectivity index (χ4v) is 2.05. The summed E-state index contributed by atoms with van der Waals surface area (Å²) >= 11 is 5.95. The molecule has 0 radical (unpaired) electrons. The second-order valence-electron chi connectivity index (χ2n) is 4.64. The number of aromatic nitrogens is 3. The fourth-order valence-electron chi connectivity index (χ4n) is 1.88. The molecule has 0 saturated heterocycles. The van der Waals surface area contributed by atoms with Gasteiger partial charge in [0.2, 0.25) is 11.6 Å². The molecule has 2 aromatic rings. The molecule has 0 spiro atoms. The van der Waals surface area contributed by atoms with Crippen LogP contribution < -0.4 is 10.6 Å². The fraction of sp³-hybridized carbons (Fsp3) is 0.308. The van der Waals surface area contributed by atoms with Gasteiger partial charge in [-0.25, -0.2) is 15.0 Å². The highest BCUT2D eigenvalue weighted by Crippen LogP contribution is 2.32. The van der Waals surface area contributed by atoms with Crippen LogP contribution in [0.1, 0.15) is 6.92 Å². The van der Waals surface area contributed by atoms with Gasteiger partial charge < -0.3 is 15.4 Å². The third-order valence-electron chi connectivity index (χ3n) is 2.82. The van der Waals surface area contributed by atoms with Crippen LogP contribution in [0.3, 0.4) is 0 Å². The highest BCUT2D eigenvalue weighted by atomic mass is 35.5. The number of nitrogens with one attached hydrogen (secondary N) is 2. The van der Waals surface area contributed by atoms with Crippen molar-refractivity contribution in [1.29, 1.82) is 0 Å². The molecule has 0 aromatic carbocycles. The molecule has 10 heteroatoms. The zero-order chi connectivity index (χ0) is 16.8. The zero-order valence-electron chi connectivity index (χ0n) is 12.5. The maximum absolute atomic E-state index is 11.4. The van der Waals surface area contributed by atoms with Gasteiger partial charge in [0.05, 0.1) is 17.2 Å². The third kappa shape index (κ3) is 4.24. The molecule has 0 aliphatic heterocycles. The Morgan fingerprint density at radius 2 is 2.13 bits per heavy atom. The number of nitro groups is 1. The normalized spacial score (nSPS) is 11.8. The van der Waals surface area contributed by atoms with E-state index in [1.807, 2.05) is 6.92 Å². The van der Waals surface area contributed by atoms with Gasteiger partial charge in [0.1, 0.15) is 6.33 Å². The van der Waals surface area contributed by atoms with Crippen molar-refractivity contribution in [1.82, 2.24) is 15.0 Å². The Balaban J connectivity index is 2.36. The Bertz CT molecular complexity index is 699. The van der Waals surface area contributed by atoms with Gasteiger partial charge in [-0.1, -0.05) is 11.6 Å². The molecule has 0 amide bonds. The van der Waals surface area contributed by atoms with Crippen molar-refractivity contribution in [3.05, 3.63) is 39.9 Å². The van der Waals surface area contributed by atoms with Gasteiger partial charge in [-0.3, -0.25) is 10.1 Å². The van der Waals surface area contributed by atoms with E-state index in [0.717, 1.165) is 0 Å². The SMILES string of the molecule is COCC(C)Nc1ncnc(Nc2cccnc2Cl)c1[N+](=O)[O-]. The number of hydrogen-bond donors (Lipinski definition) is 2. The standard InChI is InChI=1S/C13H15ClN6O3/c1-8(6-23-2)18-12-10(20(21)22)13(17-7-16-12)19-9-4-3-5-15-11(9)14/h3-5,7-8H,6H2,1-2H3,(H2,16,17,18,19). The van der Waals surface area contributed by atoms with Crippen molar-refractivity contribution in [2.24, 2.45) is 0 Å². The first kappa shape index (κ1) is 16.8. The Morgan fingerprint density at radius 3 is 2.78 bits per heavy atom. The molecule has 2 rings (SSSR count).